The first-order valence-electron chi connectivity index (χ1n) is 36.7. The molecule has 0 bridgehead atoms. The van der Waals surface area contributed by atoms with Gasteiger partial charge in [0, 0.05) is 10.8 Å². The van der Waals surface area contributed by atoms with Gasteiger partial charge in [-0.15, -0.1) is 0 Å². The first kappa shape index (κ1) is 114. The van der Waals surface area contributed by atoms with Gasteiger partial charge in [-0.25, -0.2) is 0 Å². The summed E-state index contributed by atoms with van der Waals surface area (Å²) in [5, 5.41) is 24.5. The Kier molecular flexibility index (Phi) is 69.5. The van der Waals surface area contributed by atoms with Crippen LogP contribution in [-0.2, 0) is 80.0 Å². The van der Waals surface area contributed by atoms with Gasteiger partial charge in [0.15, 0.2) is 0 Å². The van der Waals surface area contributed by atoms with E-state index in [1.54, 1.807) is 27.7 Å². The van der Waals surface area contributed by atoms with Gasteiger partial charge >= 0.3 is 133 Å². The molecule has 4 rings (SSSR count). The number of nitrogens with one attached hydrogen (secondary N) is 2. The molecule has 3 atom stereocenters. The zero-order valence-electron chi connectivity index (χ0n) is 70.6. The smallest absolute Gasteiger partial charge is 0.548 e. The van der Waals surface area contributed by atoms with Crippen molar-refractivity contribution in [2.24, 2.45) is 38.4 Å². The Balaban J connectivity index is -0.000000206. The van der Waals surface area contributed by atoms with Crippen LogP contribution in [0.1, 0.15) is 278 Å². The summed E-state index contributed by atoms with van der Waals surface area (Å²) in [5.74, 6) is -2.15. The van der Waals surface area contributed by atoms with Crippen molar-refractivity contribution in [1.82, 2.24) is 10.6 Å². The third-order valence-corrected chi connectivity index (χ3v) is 18.0. The minimum atomic E-state index is -1.27. The summed E-state index contributed by atoms with van der Waals surface area (Å²) >= 11 is 0. The fourth-order valence-electron chi connectivity index (χ4n) is 6.73. The Hall–Kier alpha value is -4.62. The zero-order valence-corrected chi connectivity index (χ0v) is 76.9. The largest absolute Gasteiger partial charge is 1.00 e. The normalized spacial score (nSPS) is 11.4. The van der Waals surface area contributed by atoms with Crippen LogP contribution in [0.2, 0.25) is 0 Å². The van der Waals surface area contributed by atoms with Crippen molar-refractivity contribution < 1.29 is 180 Å². The van der Waals surface area contributed by atoms with E-state index in [1.807, 2.05) is 171 Å². The predicted octanol–water partition coefficient (Wildman–Crippen LogP) is 10.9. The molecule has 2 amide bonds. The summed E-state index contributed by atoms with van der Waals surface area (Å²) < 4.78 is 24.6. The third kappa shape index (κ3) is 57.2. The van der Waals surface area contributed by atoms with Crippen LogP contribution in [0.25, 0.3) is 0 Å². The molecular weight excluding hydrogens is 1380 g/mol. The number of rotatable bonds is 29. The fraction of sp³-hybridized carbons (Fsp3) is 0.612. The van der Waals surface area contributed by atoms with Crippen molar-refractivity contribution in [3.8, 4) is 0 Å². The molecule has 0 spiro atoms. The number of ether oxygens (including phenoxy) is 5. The fourth-order valence-corrected chi connectivity index (χ4v) is 6.73. The number of hydrogen-bond donors (Lipinski definition) is 2. The predicted molar refractivity (Wildman–Crippen MR) is 413 cm³/mol. The van der Waals surface area contributed by atoms with E-state index in [0.717, 1.165) is 56.1 Å². The number of unbranched alkanes of at least 4 members (excludes halogenated alkanes) is 1. The third-order valence-electron chi connectivity index (χ3n) is 18.0. The quantitative estimate of drug-likeness (QED) is 0.0221. The molecule has 0 aliphatic heterocycles. The molecule has 0 radical (unpaired) electrons. The summed E-state index contributed by atoms with van der Waals surface area (Å²) in [4.78, 5) is 98.4. The van der Waals surface area contributed by atoms with Crippen LogP contribution in [0.15, 0.2) is 121 Å². The minimum Gasteiger partial charge on any atom is -0.548 e. The number of carboxylic acids is 2. The molecule has 0 fully saturated rings. The van der Waals surface area contributed by atoms with Crippen LogP contribution in [0.3, 0.4) is 0 Å². The molecular formula is C85H138K2N2O16. The first-order valence-corrected chi connectivity index (χ1v) is 36.7. The SMILES string of the molecule is CCC(C)(C)C(=O)NCC(=O)[O-].CCC(C)(C)C(=O)NCC(=O)[O-].CCC(C)(C)C(=O)OC.CCC(C)(C)C(=O)OC.CCC(C)(C)C(=O)OCc1ccccc1.CCC(C)(C)C(=O)OCc1ccccc1.CCC(C)c1ccccc1.CCC(C)c1ccccc1.CCCCOC(=O)C(C)CC.[K+].[K+]. The number of esters is 5. The second-order valence-corrected chi connectivity index (χ2v) is 28.9. The number of carboxylic acid groups (broad SMARTS) is 2. The second-order valence-electron chi connectivity index (χ2n) is 28.9. The van der Waals surface area contributed by atoms with E-state index in [1.165, 1.54) is 38.2 Å². The second kappa shape index (κ2) is 64.2. The van der Waals surface area contributed by atoms with Crippen LogP contribution < -0.4 is 124 Å². The van der Waals surface area contributed by atoms with E-state index in [9.17, 15) is 53.4 Å². The molecule has 0 aliphatic carbocycles. The van der Waals surface area contributed by atoms with Crippen LogP contribution in [-0.4, -0.2) is 87.5 Å². The van der Waals surface area contributed by atoms with Crippen molar-refractivity contribution >= 4 is 53.6 Å². The molecule has 0 saturated carbocycles. The van der Waals surface area contributed by atoms with Crippen molar-refractivity contribution in [2.75, 3.05) is 33.9 Å². The standard InChI is InChI=1S/2C13H18O2.2C10H14.C9H18O2.2C8H15NO3.2C7H14O2.2K/c2*1-4-13(2,3)12(14)15-10-11-8-6-5-7-9-11;2*1-3-9(2)10-7-5-4-6-8-10;1-4-6-7-11-9(10)8(3)5-2;2*1-4-8(2,3)7(12)9-5-6(10)11;2*1-5-7(2,3)6(8)9-4;;/h2*5-9H,4,10H2,1-3H3;2*4-9H,3H2,1-2H3;8H,4-7H2,1-3H3;2*4-5H2,1-3H3,(H,9,12)(H,10,11);2*5H2,1-4H3;;/q;;;;;;;;;2*+1/p-2. The maximum absolute atomic E-state index is 11.6. The monoisotopic (exact) mass is 1520 g/mol. The summed E-state index contributed by atoms with van der Waals surface area (Å²) in [6, 6.07) is 40.7. The minimum absolute atomic E-state index is 0. The molecule has 0 heterocycles. The van der Waals surface area contributed by atoms with E-state index in [-0.39, 0.29) is 172 Å². The first-order chi connectivity index (χ1) is 47.9. The van der Waals surface area contributed by atoms with Gasteiger partial charge in [0.2, 0.25) is 11.8 Å². The summed E-state index contributed by atoms with van der Waals surface area (Å²) in [6.45, 7) is 49.2. The van der Waals surface area contributed by atoms with Gasteiger partial charge in [-0.3, -0.25) is 33.6 Å². The molecule has 0 aromatic heterocycles. The van der Waals surface area contributed by atoms with E-state index in [4.69, 9.17) is 14.2 Å². The molecule has 18 nitrogen and oxygen atoms in total. The number of carbonyl (C=O) groups is 9. The van der Waals surface area contributed by atoms with Gasteiger partial charge < -0.3 is 54.1 Å². The molecule has 20 heteroatoms. The summed E-state index contributed by atoms with van der Waals surface area (Å²) in [5.41, 5.74) is 2.56. The van der Waals surface area contributed by atoms with Gasteiger partial charge in [0.05, 0.1) is 73.4 Å². The van der Waals surface area contributed by atoms with Crippen molar-refractivity contribution in [1.29, 1.82) is 0 Å². The Labute approximate surface area is 720 Å². The van der Waals surface area contributed by atoms with Crippen molar-refractivity contribution in [3.63, 3.8) is 0 Å². The number of hydrogen-bond acceptors (Lipinski definition) is 16. The van der Waals surface area contributed by atoms with Gasteiger partial charge in [-0.1, -0.05) is 245 Å². The summed E-state index contributed by atoms with van der Waals surface area (Å²) in [7, 11) is 2.83. The Bertz CT molecular complexity index is 2740. The van der Waals surface area contributed by atoms with Crippen LogP contribution >= 0.6 is 0 Å². The number of aliphatic carboxylic acids is 2. The maximum Gasteiger partial charge on any atom is 1.00 e. The molecule has 2 N–H and O–H groups in total. The Morgan fingerprint density at radius 2 is 0.629 bits per heavy atom. The van der Waals surface area contributed by atoms with E-state index in [0.29, 0.717) is 44.5 Å². The Morgan fingerprint density at radius 1 is 0.371 bits per heavy atom. The van der Waals surface area contributed by atoms with Crippen molar-refractivity contribution in [3.05, 3.63) is 144 Å². The topological polar surface area (TPSA) is 270 Å². The van der Waals surface area contributed by atoms with Crippen LogP contribution in [0.5, 0.6) is 0 Å². The van der Waals surface area contributed by atoms with E-state index >= 15 is 0 Å². The molecule has 4 aromatic rings. The number of methoxy groups -OCH3 is 2. The molecule has 105 heavy (non-hydrogen) atoms. The van der Waals surface area contributed by atoms with E-state index < -0.39 is 35.9 Å². The average molecular weight is 1520 g/mol. The molecule has 0 aliphatic rings. The van der Waals surface area contributed by atoms with Gasteiger partial charge in [-0.2, -0.15) is 0 Å². The Morgan fingerprint density at radius 3 is 0.838 bits per heavy atom. The molecule has 0 saturated heterocycles. The summed E-state index contributed by atoms with van der Waals surface area (Å²) in [6.07, 6.45) is 9.94. The average Bonchev–Trinajstić information content (AvgIpc) is 0.909. The number of carbonyl (C=O) groups excluding carboxylic acids is 9. The van der Waals surface area contributed by atoms with Gasteiger partial charge in [-0.05, 0) is 154 Å². The number of amides is 2. The van der Waals surface area contributed by atoms with E-state index in [2.05, 4.69) is 115 Å². The maximum atomic E-state index is 11.6. The zero-order chi connectivity index (χ0) is 80.6. The van der Waals surface area contributed by atoms with Crippen LogP contribution in [0.4, 0.5) is 0 Å². The van der Waals surface area contributed by atoms with Crippen LogP contribution in [0, 0.1) is 38.4 Å². The molecule has 4 aromatic carbocycles. The van der Waals surface area contributed by atoms with Crippen molar-refractivity contribution in [2.45, 2.75) is 269 Å². The number of benzene rings is 4. The molecule has 586 valence electrons. The van der Waals surface area contributed by atoms with Gasteiger partial charge in [0.1, 0.15) is 13.2 Å². The van der Waals surface area contributed by atoms with Gasteiger partial charge in [0.25, 0.3) is 0 Å². The molecule has 3 unspecified atom stereocenters.